The summed E-state index contributed by atoms with van der Waals surface area (Å²) in [7, 11) is 0. The Kier molecular flexibility index (Phi) is 7.23. The van der Waals surface area contributed by atoms with Crippen LogP contribution in [0.4, 0.5) is 14.6 Å². The molecule has 7 rings (SSSR count). The van der Waals surface area contributed by atoms with Gasteiger partial charge in [-0.1, -0.05) is 18.4 Å². The Labute approximate surface area is 248 Å². The minimum atomic E-state index is -0.729. The molecule has 10 heteroatoms. The minimum absolute atomic E-state index is 0.00526. The largest absolute Gasteiger partial charge is 0.508 e. The van der Waals surface area contributed by atoms with E-state index in [9.17, 15) is 9.50 Å². The number of halogens is 2. The summed E-state index contributed by atoms with van der Waals surface area (Å²) < 4.78 is 43.4. The highest BCUT2D eigenvalue weighted by Crippen LogP contribution is 2.45. The third-order valence-corrected chi connectivity index (χ3v) is 9.25. The van der Waals surface area contributed by atoms with Crippen LogP contribution in [0.2, 0.25) is 0 Å². The van der Waals surface area contributed by atoms with Gasteiger partial charge in [0.25, 0.3) is 0 Å². The Balaban J connectivity index is 1.38. The fourth-order valence-electron chi connectivity index (χ4n) is 7.15. The zero-order valence-corrected chi connectivity index (χ0v) is 23.8. The van der Waals surface area contributed by atoms with E-state index in [4.69, 9.17) is 20.9 Å². The number of hydrogen-bond donors (Lipinski definition) is 2. The van der Waals surface area contributed by atoms with Gasteiger partial charge in [-0.25, -0.2) is 8.78 Å². The molecule has 2 aromatic heterocycles. The van der Waals surface area contributed by atoms with Gasteiger partial charge in [0, 0.05) is 48.3 Å². The van der Waals surface area contributed by atoms with Crippen LogP contribution < -0.4 is 15.0 Å². The van der Waals surface area contributed by atoms with Crippen LogP contribution >= 0.6 is 0 Å². The Morgan fingerprint density at radius 1 is 1.14 bits per heavy atom. The summed E-state index contributed by atoms with van der Waals surface area (Å²) in [6, 6.07) is 6.03. The fraction of sp³-hybridized carbons (Fsp3) is 0.424. The molecule has 2 aliphatic heterocycles. The standard InChI is InChI=1S/C33H33F2N5O3/c1-2-22-25(34)8-7-20-16-21(41)17-23(27(20)22)29-28(35)30-24(18-37-29)31(40-12-5-14-42-15-13-40)39-32(38-30)43-19-33-9-3-6-26(33)36-11-4-10-33/h1,7-8,16-18,26,36,41H,3-6,9-15,19H2/t26-,33-/m1/s1. The van der Waals surface area contributed by atoms with E-state index in [-0.39, 0.29) is 44.9 Å². The number of nitrogens with zero attached hydrogens (tertiary/aromatic N) is 4. The molecule has 2 saturated heterocycles. The lowest BCUT2D eigenvalue weighted by atomic mass is 9.76. The van der Waals surface area contributed by atoms with Crippen LogP contribution in [0.25, 0.3) is 32.9 Å². The highest BCUT2D eigenvalue weighted by atomic mass is 19.1. The molecule has 43 heavy (non-hydrogen) atoms. The number of anilines is 1. The lowest BCUT2D eigenvalue weighted by Gasteiger charge is -2.39. The number of rotatable bonds is 5. The van der Waals surface area contributed by atoms with Crippen LogP contribution in [-0.4, -0.2) is 65.6 Å². The van der Waals surface area contributed by atoms with Crippen molar-refractivity contribution in [3.05, 3.63) is 47.7 Å². The van der Waals surface area contributed by atoms with E-state index in [0.29, 0.717) is 55.5 Å². The SMILES string of the molecule is C#Cc1c(F)ccc2cc(O)cc(-c3ncc4c(N5CCCOCC5)nc(OC[C@@]56CCCN[C@@H]5CCC6)nc4c3F)c12. The smallest absolute Gasteiger partial charge is 0.319 e. The summed E-state index contributed by atoms with van der Waals surface area (Å²) in [6.07, 6.45) is 13.5. The molecule has 0 unspecified atom stereocenters. The molecule has 4 heterocycles. The third-order valence-electron chi connectivity index (χ3n) is 9.25. The average molecular weight is 586 g/mol. The lowest BCUT2D eigenvalue weighted by molar-refractivity contribution is 0.0798. The predicted octanol–water partition coefficient (Wildman–Crippen LogP) is 5.34. The minimum Gasteiger partial charge on any atom is -0.508 e. The molecule has 1 saturated carbocycles. The molecule has 4 aromatic rings. The van der Waals surface area contributed by atoms with E-state index < -0.39 is 11.6 Å². The topological polar surface area (TPSA) is 92.6 Å². The summed E-state index contributed by atoms with van der Waals surface area (Å²) >= 11 is 0. The molecule has 8 nitrogen and oxygen atoms in total. The third kappa shape index (κ3) is 4.90. The molecule has 3 fully saturated rings. The number of phenols is 1. The van der Waals surface area contributed by atoms with Gasteiger partial charge in [-0.15, -0.1) is 6.42 Å². The van der Waals surface area contributed by atoms with Crippen LogP contribution in [0, 0.1) is 29.4 Å². The molecule has 2 aromatic carbocycles. The van der Waals surface area contributed by atoms with E-state index in [0.717, 1.165) is 45.1 Å². The van der Waals surface area contributed by atoms with Crippen molar-refractivity contribution < 1.29 is 23.4 Å². The van der Waals surface area contributed by atoms with Crippen LogP contribution in [0.5, 0.6) is 11.8 Å². The van der Waals surface area contributed by atoms with Gasteiger partial charge in [-0.05, 0) is 62.2 Å². The van der Waals surface area contributed by atoms with Crippen LogP contribution in [0.1, 0.15) is 44.1 Å². The molecule has 0 radical (unpaired) electrons. The molecule has 0 amide bonds. The number of piperidine rings is 1. The molecule has 2 atom stereocenters. The number of terminal acetylenes is 1. The molecule has 3 aliphatic rings. The van der Waals surface area contributed by atoms with E-state index in [1.807, 2.05) is 0 Å². The zero-order chi connectivity index (χ0) is 29.6. The summed E-state index contributed by atoms with van der Waals surface area (Å²) in [5, 5.41) is 15.3. The molecule has 0 spiro atoms. The molecular weight excluding hydrogens is 552 g/mol. The van der Waals surface area contributed by atoms with E-state index in [1.165, 1.54) is 30.5 Å². The maximum atomic E-state index is 16.7. The maximum absolute atomic E-state index is 16.7. The summed E-state index contributed by atoms with van der Waals surface area (Å²) in [4.78, 5) is 15.9. The van der Waals surface area contributed by atoms with Gasteiger partial charge in [0.2, 0.25) is 0 Å². The Hall–Kier alpha value is -4.07. The summed E-state index contributed by atoms with van der Waals surface area (Å²) in [5.41, 5.74) is 0.0836. The van der Waals surface area contributed by atoms with Crippen molar-refractivity contribution in [3.8, 4) is 35.4 Å². The number of phenolic OH excluding ortho intramolecular Hbond substituents is 1. The number of nitrogens with one attached hydrogen (secondary N) is 1. The Morgan fingerprint density at radius 3 is 2.91 bits per heavy atom. The molecular formula is C33H33F2N5O3. The summed E-state index contributed by atoms with van der Waals surface area (Å²) in [5.74, 6) is 1.44. The second kappa shape index (κ2) is 11.2. The first-order chi connectivity index (χ1) is 21.0. The van der Waals surface area contributed by atoms with Crippen molar-refractivity contribution >= 4 is 27.5 Å². The van der Waals surface area contributed by atoms with E-state index in [1.54, 1.807) is 0 Å². The number of pyridine rings is 1. The Morgan fingerprint density at radius 2 is 2.02 bits per heavy atom. The number of aromatic hydroxyl groups is 1. The quantitative estimate of drug-likeness (QED) is 0.304. The molecule has 222 valence electrons. The first-order valence-corrected chi connectivity index (χ1v) is 14.9. The van der Waals surface area contributed by atoms with Crippen molar-refractivity contribution in [2.75, 3.05) is 44.4 Å². The maximum Gasteiger partial charge on any atom is 0.319 e. The fourth-order valence-corrected chi connectivity index (χ4v) is 7.15. The summed E-state index contributed by atoms with van der Waals surface area (Å²) in [6.45, 7) is 3.85. The van der Waals surface area contributed by atoms with Crippen LogP contribution in [0.15, 0.2) is 30.5 Å². The highest BCUT2D eigenvalue weighted by molar-refractivity contribution is 6.03. The first kappa shape index (κ1) is 27.7. The van der Waals surface area contributed by atoms with E-state index in [2.05, 4.69) is 26.1 Å². The van der Waals surface area contributed by atoms with Gasteiger partial charge in [0.1, 0.15) is 28.6 Å². The monoisotopic (exact) mass is 585 g/mol. The second-order valence-electron chi connectivity index (χ2n) is 11.8. The first-order valence-electron chi connectivity index (χ1n) is 14.9. The van der Waals surface area contributed by atoms with Gasteiger partial charge in [0.15, 0.2) is 5.82 Å². The zero-order valence-electron chi connectivity index (χ0n) is 23.8. The van der Waals surface area contributed by atoms with Gasteiger partial charge >= 0.3 is 6.01 Å². The number of hydrogen-bond acceptors (Lipinski definition) is 8. The van der Waals surface area contributed by atoms with Gasteiger partial charge < -0.3 is 24.8 Å². The van der Waals surface area contributed by atoms with Gasteiger partial charge in [-0.3, -0.25) is 4.98 Å². The number of benzene rings is 2. The van der Waals surface area contributed by atoms with Crippen molar-refractivity contribution in [2.24, 2.45) is 5.41 Å². The van der Waals surface area contributed by atoms with Crippen molar-refractivity contribution in [3.63, 3.8) is 0 Å². The number of aromatic nitrogens is 3. The second-order valence-corrected chi connectivity index (χ2v) is 11.8. The van der Waals surface area contributed by atoms with Crippen molar-refractivity contribution in [2.45, 2.75) is 44.6 Å². The molecule has 2 N–H and O–H groups in total. The van der Waals surface area contributed by atoms with E-state index >= 15 is 4.39 Å². The normalized spacial score (nSPS) is 22.3. The predicted molar refractivity (Wildman–Crippen MR) is 160 cm³/mol. The highest BCUT2D eigenvalue weighted by Gasteiger charge is 2.45. The van der Waals surface area contributed by atoms with Gasteiger partial charge in [-0.2, -0.15) is 9.97 Å². The van der Waals surface area contributed by atoms with Crippen LogP contribution in [0.3, 0.4) is 0 Å². The number of ether oxygens (including phenoxy) is 2. The Bertz CT molecular complexity index is 1750. The van der Waals surface area contributed by atoms with Crippen molar-refractivity contribution in [1.29, 1.82) is 0 Å². The van der Waals surface area contributed by atoms with Crippen LogP contribution in [-0.2, 0) is 4.74 Å². The van der Waals surface area contributed by atoms with Crippen molar-refractivity contribution in [1.82, 2.24) is 20.3 Å². The average Bonchev–Trinajstić information content (AvgIpc) is 3.26. The van der Waals surface area contributed by atoms with Gasteiger partial charge in [0.05, 0.1) is 24.2 Å². The molecule has 0 bridgehead atoms. The number of fused-ring (bicyclic) bond motifs is 3. The molecule has 1 aliphatic carbocycles. The lowest BCUT2D eigenvalue weighted by Crippen LogP contribution is -2.49.